The molecule has 2 aromatic carbocycles. The predicted molar refractivity (Wildman–Crippen MR) is 130 cm³/mol. The number of aromatic nitrogens is 3. The summed E-state index contributed by atoms with van der Waals surface area (Å²) in [7, 11) is 0. The molecule has 2 fully saturated rings. The third-order valence-electron chi connectivity index (χ3n) is 6.52. The van der Waals surface area contributed by atoms with Crippen molar-refractivity contribution >= 4 is 39.8 Å². The van der Waals surface area contributed by atoms with E-state index in [0.29, 0.717) is 30.5 Å². The van der Waals surface area contributed by atoms with Crippen LogP contribution in [0, 0.1) is 5.82 Å². The molecule has 1 saturated carbocycles. The summed E-state index contributed by atoms with van der Waals surface area (Å²) in [6.45, 7) is 2.87. The van der Waals surface area contributed by atoms with Crippen molar-refractivity contribution in [3.8, 4) is 5.69 Å². The van der Waals surface area contributed by atoms with Gasteiger partial charge in [-0.25, -0.2) is 9.37 Å². The maximum absolute atomic E-state index is 14.6. The Morgan fingerprint density at radius 1 is 1.18 bits per heavy atom. The average Bonchev–Trinajstić information content (AvgIpc) is 3.64. The Bertz CT molecular complexity index is 1450. The van der Waals surface area contributed by atoms with Crippen molar-refractivity contribution < 1.29 is 14.5 Å². The Morgan fingerprint density at radius 2 is 2.00 bits per heavy atom. The monoisotopic (exact) mass is 458 g/mol. The smallest absolute Gasteiger partial charge is 0.279 e. The van der Waals surface area contributed by atoms with Gasteiger partial charge < -0.3 is 15.4 Å². The topological polar surface area (TPSA) is 107 Å². The number of benzene rings is 2. The van der Waals surface area contributed by atoms with Crippen molar-refractivity contribution in [2.45, 2.75) is 18.8 Å². The van der Waals surface area contributed by atoms with E-state index >= 15 is 0 Å². The van der Waals surface area contributed by atoms with Crippen LogP contribution in [0.3, 0.4) is 0 Å². The summed E-state index contributed by atoms with van der Waals surface area (Å²) in [6.07, 6.45) is 4.97. The van der Waals surface area contributed by atoms with Crippen LogP contribution in [0.5, 0.6) is 0 Å². The molecule has 0 atom stereocenters. The van der Waals surface area contributed by atoms with E-state index in [1.54, 1.807) is 12.3 Å². The highest BCUT2D eigenvalue weighted by Crippen LogP contribution is 2.43. The summed E-state index contributed by atoms with van der Waals surface area (Å²) in [5.74, 6) is 1.24. The Kier molecular flexibility index (Phi) is 4.99. The fourth-order valence-electron chi connectivity index (χ4n) is 4.72. The second-order valence-corrected chi connectivity index (χ2v) is 8.67. The summed E-state index contributed by atoms with van der Waals surface area (Å²) in [4.78, 5) is 15.8. The minimum atomic E-state index is -0.346. The van der Waals surface area contributed by atoms with Gasteiger partial charge in [-0.1, -0.05) is 12.1 Å². The fraction of sp³-hybridized carbons (Fsp3) is 0.280. The maximum Gasteiger partial charge on any atom is 0.279 e. The number of amidine groups is 1. The zero-order valence-electron chi connectivity index (χ0n) is 18.6. The van der Waals surface area contributed by atoms with Crippen molar-refractivity contribution in [2.75, 3.05) is 31.2 Å². The van der Waals surface area contributed by atoms with Crippen LogP contribution in [0.15, 0.2) is 47.6 Å². The molecule has 4 aromatic rings. The first kappa shape index (κ1) is 20.7. The molecule has 6 rings (SSSR count). The van der Waals surface area contributed by atoms with Gasteiger partial charge in [-0.2, -0.15) is 0 Å². The molecule has 0 bridgehead atoms. The zero-order chi connectivity index (χ0) is 23.2. The summed E-state index contributed by atoms with van der Waals surface area (Å²) < 4.78 is 22.3. The van der Waals surface area contributed by atoms with E-state index in [1.807, 2.05) is 18.2 Å². The number of fused-ring (bicyclic) bond motifs is 2. The molecule has 0 unspecified atom stereocenters. The van der Waals surface area contributed by atoms with Crippen molar-refractivity contribution in [2.24, 2.45) is 10.7 Å². The maximum atomic E-state index is 14.6. The minimum Gasteiger partial charge on any atom is -0.378 e. The van der Waals surface area contributed by atoms with Crippen LogP contribution in [-0.2, 0) is 4.74 Å². The normalized spacial score (nSPS) is 17.0. The number of pyridine rings is 1. The van der Waals surface area contributed by atoms with Crippen molar-refractivity contribution in [3.05, 3.63) is 59.8 Å². The SMILES string of the molecule is NC(=NC=[NH2+])c1cc(N2CCOCC2)cc2c1nc(C1CC1)n2-c1ccnc2c(F)cccc12. The number of rotatable bonds is 5. The van der Waals surface area contributed by atoms with Gasteiger partial charge in [0, 0.05) is 36.3 Å². The third-order valence-corrected chi connectivity index (χ3v) is 6.52. The summed E-state index contributed by atoms with van der Waals surface area (Å²) >= 11 is 0. The standard InChI is InChI=1S/C25H24FN7O/c26-19-3-1-2-17-20(6-7-29-22(17)19)33-21-13-16(32-8-10-34-11-9-32)12-18(24(28)30-14-27)23(21)31-25(33)15-4-5-15/h1-3,6-7,12-15H,4-5,8-11H2,(H3,27,28,30)/p+1. The van der Waals surface area contributed by atoms with Gasteiger partial charge in [-0.05, 0) is 42.1 Å². The number of aliphatic imine (C=N–C) groups is 1. The van der Waals surface area contributed by atoms with Crippen LogP contribution in [-0.4, -0.2) is 53.0 Å². The van der Waals surface area contributed by atoms with Crippen LogP contribution in [0.4, 0.5) is 10.1 Å². The van der Waals surface area contributed by atoms with Crippen LogP contribution in [0.1, 0.15) is 30.1 Å². The number of anilines is 1. The summed E-state index contributed by atoms with van der Waals surface area (Å²) in [5.41, 5.74) is 10.9. The van der Waals surface area contributed by atoms with Crippen LogP contribution < -0.4 is 16.0 Å². The lowest BCUT2D eigenvalue weighted by Gasteiger charge is -2.29. The summed E-state index contributed by atoms with van der Waals surface area (Å²) in [6, 6.07) is 11.1. The average molecular weight is 459 g/mol. The molecule has 2 aromatic heterocycles. The first-order chi connectivity index (χ1) is 16.7. The summed E-state index contributed by atoms with van der Waals surface area (Å²) in [5, 5.41) is 6.30. The van der Waals surface area contributed by atoms with E-state index in [-0.39, 0.29) is 5.82 Å². The highest BCUT2D eigenvalue weighted by molar-refractivity contribution is 6.11. The molecule has 34 heavy (non-hydrogen) atoms. The highest BCUT2D eigenvalue weighted by Gasteiger charge is 2.32. The molecule has 9 heteroatoms. The fourth-order valence-corrected chi connectivity index (χ4v) is 4.72. The van der Waals surface area contributed by atoms with Gasteiger partial charge in [0.1, 0.15) is 22.7 Å². The molecule has 1 aliphatic carbocycles. The van der Waals surface area contributed by atoms with Crippen LogP contribution >= 0.6 is 0 Å². The second-order valence-electron chi connectivity index (χ2n) is 8.67. The van der Waals surface area contributed by atoms with Crippen LogP contribution in [0.2, 0.25) is 0 Å². The minimum absolute atomic E-state index is 0.306. The number of ether oxygens (including phenoxy) is 1. The van der Waals surface area contributed by atoms with Crippen molar-refractivity contribution in [1.29, 1.82) is 0 Å². The highest BCUT2D eigenvalue weighted by atomic mass is 19.1. The molecule has 0 amide bonds. The van der Waals surface area contributed by atoms with Gasteiger partial charge in [-0.15, -0.1) is 0 Å². The van der Waals surface area contributed by atoms with Gasteiger partial charge in [0.15, 0.2) is 0 Å². The van der Waals surface area contributed by atoms with Gasteiger partial charge in [0.2, 0.25) is 5.84 Å². The van der Waals surface area contributed by atoms with Gasteiger partial charge in [0.05, 0.1) is 30.0 Å². The number of morpholine rings is 1. The Hall–Kier alpha value is -3.85. The second kappa shape index (κ2) is 8.18. The Morgan fingerprint density at radius 3 is 2.76 bits per heavy atom. The number of hydrogen-bond acceptors (Lipinski definition) is 4. The molecular weight excluding hydrogens is 433 g/mol. The lowest BCUT2D eigenvalue weighted by molar-refractivity contribution is -0.106. The molecule has 3 heterocycles. The molecular formula is C25H25FN7O+. The molecule has 2 aliphatic rings. The predicted octanol–water partition coefficient (Wildman–Crippen LogP) is 1.92. The van der Waals surface area contributed by atoms with Crippen molar-refractivity contribution in [1.82, 2.24) is 14.5 Å². The number of para-hydroxylation sites is 1. The van der Waals surface area contributed by atoms with Crippen molar-refractivity contribution in [3.63, 3.8) is 0 Å². The molecule has 0 radical (unpaired) electrons. The number of hydrogen-bond donors (Lipinski definition) is 2. The lowest BCUT2D eigenvalue weighted by Crippen LogP contribution is -2.36. The molecule has 0 spiro atoms. The first-order valence-electron chi connectivity index (χ1n) is 11.5. The molecule has 8 nitrogen and oxygen atoms in total. The molecule has 4 N–H and O–H groups in total. The Balaban J connectivity index is 1.68. The molecule has 1 aliphatic heterocycles. The third kappa shape index (κ3) is 3.40. The first-order valence-corrected chi connectivity index (χ1v) is 11.5. The zero-order valence-corrected chi connectivity index (χ0v) is 18.6. The Labute approximate surface area is 195 Å². The van der Waals surface area contributed by atoms with E-state index in [1.165, 1.54) is 12.4 Å². The quantitative estimate of drug-likeness (QED) is 0.351. The largest absolute Gasteiger partial charge is 0.378 e. The number of nitrogens with zero attached hydrogens (tertiary/aromatic N) is 5. The molecule has 1 saturated heterocycles. The van der Waals surface area contributed by atoms with Gasteiger partial charge in [-0.3, -0.25) is 15.0 Å². The van der Waals surface area contributed by atoms with Gasteiger partial charge >= 0.3 is 0 Å². The molecule has 172 valence electrons. The van der Waals surface area contributed by atoms with Gasteiger partial charge in [0.25, 0.3) is 6.34 Å². The van der Waals surface area contributed by atoms with E-state index in [4.69, 9.17) is 20.9 Å². The van der Waals surface area contributed by atoms with E-state index < -0.39 is 0 Å². The number of nitrogens with two attached hydrogens (primary N) is 2. The van der Waals surface area contributed by atoms with E-state index in [9.17, 15) is 4.39 Å². The van der Waals surface area contributed by atoms with E-state index in [2.05, 4.69) is 25.5 Å². The number of imidazole rings is 1. The van der Waals surface area contributed by atoms with E-state index in [0.717, 1.165) is 65.1 Å². The lowest BCUT2D eigenvalue weighted by atomic mass is 10.1. The van der Waals surface area contributed by atoms with Crippen LogP contribution in [0.25, 0.3) is 27.6 Å². The number of halogens is 1.